The predicted molar refractivity (Wildman–Crippen MR) is 182 cm³/mol. The van der Waals surface area contributed by atoms with Gasteiger partial charge in [-0.05, 0) is 59.7 Å². The lowest BCUT2D eigenvalue weighted by atomic mass is 9.90. The summed E-state index contributed by atoms with van der Waals surface area (Å²) in [6, 6.07) is 34.2. The molecule has 1 heterocycles. The van der Waals surface area contributed by atoms with Gasteiger partial charge < -0.3 is 26.6 Å². The number of hydrogen-bond acceptors (Lipinski definition) is 4. The molecule has 1 saturated heterocycles. The average molecular weight is 605 g/mol. The number of nitrogens with two attached hydrogens (primary N) is 1. The average Bonchev–Trinajstić information content (AvgIpc) is 3.23. The maximum absolute atomic E-state index is 14.1. The molecule has 234 valence electrons. The second-order valence-corrected chi connectivity index (χ2v) is 11.7. The zero-order chi connectivity index (χ0) is 31.4. The minimum Gasteiger partial charge on any atom is -0.370 e. The lowest BCUT2D eigenvalue weighted by molar-refractivity contribution is -0.133. The van der Waals surface area contributed by atoms with Gasteiger partial charge in [-0.1, -0.05) is 91.0 Å². The highest BCUT2D eigenvalue weighted by atomic mass is 16.2. The summed E-state index contributed by atoms with van der Waals surface area (Å²) in [5.74, 6) is 0.473. The zero-order valence-electron chi connectivity index (χ0n) is 26.0. The van der Waals surface area contributed by atoms with Crippen molar-refractivity contribution >= 4 is 28.5 Å². The molecule has 2 atom stereocenters. The fourth-order valence-electron chi connectivity index (χ4n) is 6.04. The number of nitrogens with one attached hydrogen (secondary N) is 3. The van der Waals surface area contributed by atoms with Crippen molar-refractivity contribution in [3.8, 4) is 0 Å². The highest BCUT2D eigenvalue weighted by molar-refractivity contribution is 5.98. The Hall–Kier alpha value is -4.69. The van der Waals surface area contributed by atoms with E-state index in [1.54, 1.807) is 7.05 Å². The van der Waals surface area contributed by atoms with E-state index in [0.29, 0.717) is 44.1 Å². The highest BCUT2D eigenvalue weighted by Gasteiger charge is 2.32. The van der Waals surface area contributed by atoms with Gasteiger partial charge in [0.15, 0.2) is 5.96 Å². The number of carbonyl (C=O) groups excluding carboxylic acids is 2. The summed E-state index contributed by atoms with van der Waals surface area (Å²) >= 11 is 0. The lowest BCUT2D eigenvalue weighted by Crippen LogP contribution is -2.49. The molecule has 0 spiro atoms. The van der Waals surface area contributed by atoms with Crippen molar-refractivity contribution in [2.24, 2.45) is 10.7 Å². The van der Waals surface area contributed by atoms with Gasteiger partial charge in [0.1, 0.15) is 0 Å². The van der Waals surface area contributed by atoms with Crippen LogP contribution in [0.15, 0.2) is 108 Å². The third-order valence-electron chi connectivity index (χ3n) is 8.59. The van der Waals surface area contributed by atoms with E-state index < -0.39 is 0 Å². The number of benzene rings is 4. The Morgan fingerprint density at radius 1 is 0.911 bits per heavy atom. The molecule has 4 aromatic carbocycles. The highest BCUT2D eigenvalue weighted by Crippen LogP contribution is 2.27. The van der Waals surface area contributed by atoms with E-state index in [-0.39, 0.29) is 29.8 Å². The summed E-state index contributed by atoms with van der Waals surface area (Å²) in [5.41, 5.74) is 8.78. The molecule has 5 rings (SSSR count). The number of fused-ring (bicyclic) bond motifs is 1. The third-order valence-corrected chi connectivity index (χ3v) is 8.59. The Morgan fingerprint density at radius 2 is 1.58 bits per heavy atom. The largest absolute Gasteiger partial charge is 0.370 e. The number of rotatable bonds is 12. The fourth-order valence-corrected chi connectivity index (χ4v) is 6.04. The van der Waals surface area contributed by atoms with Gasteiger partial charge in [-0.25, -0.2) is 0 Å². The van der Waals surface area contributed by atoms with E-state index in [1.165, 1.54) is 11.1 Å². The summed E-state index contributed by atoms with van der Waals surface area (Å²) < 4.78 is 0. The van der Waals surface area contributed by atoms with Crippen molar-refractivity contribution in [3.63, 3.8) is 0 Å². The van der Waals surface area contributed by atoms with Crippen molar-refractivity contribution < 1.29 is 9.59 Å². The molecule has 8 nitrogen and oxygen atoms in total. The molecule has 1 fully saturated rings. The number of carbonyl (C=O) groups is 2. The molecule has 0 unspecified atom stereocenters. The SMILES string of the molecule is CN=C(N)NCCCC[C@@H]1N[C@H](CNC(=O)c2ccc3ccccc3c2)CCN(CC(c2ccccc2)c2ccccc2)C1=O. The maximum atomic E-state index is 14.1. The van der Waals surface area contributed by atoms with Gasteiger partial charge in [0, 0.05) is 50.7 Å². The summed E-state index contributed by atoms with van der Waals surface area (Å²) in [6.07, 6.45) is 3.14. The van der Waals surface area contributed by atoms with Gasteiger partial charge in [-0.15, -0.1) is 0 Å². The quantitative estimate of drug-likeness (QED) is 0.107. The van der Waals surface area contributed by atoms with Crippen LogP contribution in [0.5, 0.6) is 0 Å². The molecule has 0 saturated carbocycles. The van der Waals surface area contributed by atoms with Crippen molar-refractivity contribution in [2.75, 3.05) is 33.2 Å². The number of nitrogens with zero attached hydrogens (tertiary/aromatic N) is 2. The number of unbranched alkanes of at least 4 members (excludes halogenated alkanes) is 1. The molecule has 45 heavy (non-hydrogen) atoms. The van der Waals surface area contributed by atoms with E-state index in [9.17, 15) is 9.59 Å². The topological polar surface area (TPSA) is 112 Å². The van der Waals surface area contributed by atoms with Crippen LogP contribution in [0.3, 0.4) is 0 Å². The van der Waals surface area contributed by atoms with Gasteiger partial charge in [-0.3, -0.25) is 14.6 Å². The Morgan fingerprint density at radius 3 is 2.27 bits per heavy atom. The Balaban J connectivity index is 1.29. The number of amides is 2. The monoisotopic (exact) mass is 604 g/mol. The molecule has 0 aromatic heterocycles. The van der Waals surface area contributed by atoms with E-state index in [4.69, 9.17) is 5.73 Å². The Kier molecular flexibility index (Phi) is 11.2. The molecular formula is C37H44N6O2. The molecule has 1 aliphatic rings. The number of aliphatic imine (C=N–C) groups is 1. The summed E-state index contributed by atoms with van der Waals surface area (Å²) in [7, 11) is 1.65. The van der Waals surface area contributed by atoms with Gasteiger partial charge in [0.2, 0.25) is 5.91 Å². The fraction of sp³-hybridized carbons (Fsp3) is 0.324. The normalized spacial score (nSPS) is 17.3. The molecular weight excluding hydrogens is 560 g/mol. The standard InChI is InChI=1S/C37H44N6O2/c1-39-37(38)40-22-11-10-18-34-36(45)43(26-33(28-13-4-2-5-14-28)29-15-6-3-7-16-29)23-21-32(42-34)25-41-35(44)31-20-19-27-12-8-9-17-30(27)24-31/h2-9,12-17,19-20,24,32-34,42H,10-11,18,21-23,25-26H2,1H3,(H,41,44)(H3,38,39,40)/t32-,34-/m0/s1. The molecule has 2 amide bonds. The van der Waals surface area contributed by atoms with Crippen LogP contribution < -0.4 is 21.7 Å². The van der Waals surface area contributed by atoms with Crippen LogP contribution in [-0.2, 0) is 4.79 Å². The molecule has 1 aliphatic heterocycles. The van der Waals surface area contributed by atoms with Gasteiger partial charge in [0.05, 0.1) is 6.04 Å². The first kappa shape index (κ1) is 31.7. The first-order valence-corrected chi connectivity index (χ1v) is 15.9. The van der Waals surface area contributed by atoms with Gasteiger partial charge in [-0.2, -0.15) is 0 Å². The predicted octanol–water partition coefficient (Wildman–Crippen LogP) is 4.67. The van der Waals surface area contributed by atoms with Crippen LogP contribution >= 0.6 is 0 Å². The van der Waals surface area contributed by atoms with Crippen LogP contribution in [0.25, 0.3) is 10.8 Å². The van der Waals surface area contributed by atoms with E-state index in [2.05, 4.69) is 69.5 Å². The molecule has 5 N–H and O–H groups in total. The van der Waals surface area contributed by atoms with Crippen molar-refractivity contribution in [2.45, 2.75) is 43.7 Å². The van der Waals surface area contributed by atoms with Crippen LogP contribution in [0.1, 0.15) is 53.1 Å². The lowest BCUT2D eigenvalue weighted by Gasteiger charge is -2.29. The van der Waals surface area contributed by atoms with Crippen LogP contribution in [0.4, 0.5) is 0 Å². The smallest absolute Gasteiger partial charge is 0.251 e. The van der Waals surface area contributed by atoms with E-state index in [1.807, 2.05) is 59.5 Å². The Labute approximate surface area is 266 Å². The maximum Gasteiger partial charge on any atom is 0.251 e. The number of guanidine groups is 1. The summed E-state index contributed by atoms with van der Waals surface area (Å²) in [6.45, 7) is 2.34. The number of hydrogen-bond donors (Lipinski definition) is 4. The third kappa shape index (κ3) is 8.70. The second kappa shape index (κ2) is 15.9. The molecule has 0 radical (unpaired) electrons. The summed E-state index contributed by atoms with van der Waals surface area (Å²) in [5, 5.41) is 12.0. The van der Waals surface area contributed by atoms with Crippen LogP contribution in [0.2, 0.25) is 0 Å². The first-order chi connectivity index (χ1) is 22.0. The minimum absolute atomic E-state index is 0.0405. The molecule has 0 aliphatic carbocycles. The molecule has 0 bridgehead atoms. The minimum atomic E-state index is -0.348. The Bertz CT molecular complexity index is 1540. The first-order valence-electron chi connectivity index (χ1n) is 15.9. The van der Waals surface area contributed by atoms with Crippen molar-refractivity contribution in [3.05, 3.63) is 120 Å². The van der Waals surface area contributed by atoms with Crippen LogP contribution in [0, 0.1) is 0 Å². The molecule has 8 heteroatoms. The molecule has 4 aromatic rings. The van der Waals surface area contributed by atoms with E-state index >= 15 is 0 Å². The summed E-state index contributed by atoms with van der Waals surface area (Å²) in [4.78, 5) is 33.2. The van der Waals surface area contributed by atoms with Crippen LogP contribution in [-0.4, -0.2) is 68.0 Å². The van der Waals surface area contributed by atoms with Gasteiger partial charge >= 0.3 is 0 Å². The zero-order valence-corrected chi connectivity index (χ0v) is 26.0. The van der Waals surface area contributed by atoms with Gasteiger partial charge in [0.25, 0.3) is 5.91 Å². The van der Waals surface area contributed by atoms with Crippen molar-refractivity contribution in [1.82, 2.24) is 20.9 Å². The van der Waals surface area contributed by atoms with Crippen molar-refractivity contribution in [1.29, 1.82) is 0 Å². The second-order valence-electron chi connectivity index (χ2n) is 11.7. The van der Waals surface area contributed by atoms with E-state index in [0.717, 1.165) is 30.0 Å².